The first-order chi connectivity index (χ1) is 13.7. The van der Waals surface area contributed by atoms with Crippen LogP contribution in [-0.4, -0.2) is 24.8 Å². The number of nitrogens with zero attached hydrogens (tertiary/aromatic N) is 1. The molecule has 0 bridgehead atoms. The number of rotatable bonds is 6. The van der Waals surface area contributed by atoms with Crippen molar-refractivity contribution >= 4 is 23.5 Å². The summed E-state index contributed by atoms with van der Waals surface area (Å²) in [6, 6.07) is 28.9. The molecular weight excluding hydrogens is 369 g/mol. The van der Waals surface area contributed by atoms with E-state index in [2.05, 4.69) is 5.16 Å². The molecule has 1 heterocycles. The SMILES string of the molecule is CO[C@H]([C@H]1CC(c2ccccc2)=NO1)P(=O)(c1ccccc1)c1ccccc1. The Morgan fingerprint density at radius 1 is 0.893 bits per heavy atom. The smallest absolute Gasteiger partial charge is 0.174 e. The van der Waals surface area contributed by atoms with Gasteiger partial charge in [0, 0.05) is 24.1 Å². The molecule has 28 heavy (non-hydrogen) atoms. The summed E-state index contributed by atoms with van der Waals surface area (Å²) in [6.45, 7) is 0. The first-order valence-electron chi connectivity index (χ1n) is 9.25. The number of oxime groups is 1. The molecule has 0 amide bonds. The van der Waals surface area contributed by atoms with Gasteiger partial charge in [0.05, 0.1) is 5.71 Å². The molecule has 0 aliphatic carbocycles. The van der Waals surface area contributed by atoms with Crippen LogP contribution in [0.25, 0.3) is 0 Å². The average molecular weight is 391 g/mol. The van der Waals surface area contributed by atoms with Crippen molar-refractivity contribution in [2.24, 2.45) is 5.16 Å². The van der Waals surface area contributed by atoms with Gasteiger partial charge in [0.25, 0.3) is 0 Å². The Labute approximate surface area is 165 Å². The van der Waals surface area contributed by atoms with Crippen LogP contribution in [0.4, 0.5) is 0 Å². The molecule has 3 aromatic rings. The maximum atomic E-state index is 14.5. The van der Waals surface area contributed by atoms with Crippen molar-refractivity contribution in [3.63, 3.8) is 0 Å². The first kappa shape index (κ1) is 18.7. The molecule has 3 aromatic carbocycles. The van der Waals surface area contributed by atoms with E-state index in [1.807, 2.05) is 91.0 Å². The van der Waals surface area contributed by atoms with Gasteiger partial charge in [-0.3, -0.25) is 0 Å². The van der Waals surface area contributed by atoms with Gasteiger partial charge in [-0.2, -0.15) is 0 Å². The summed E-state index contributed by atoms with van der Waals surface area (Å²) >= 11 is 0. The summed E-state index contributed by atoms with van der Waals surface area (Å²) in [5.41, 5.74) is 1.86. The van der Waals surface area contributed by atoms with Crippen LogP contribution in [0, 0.1) is 0 Å². The fourth-order valence-electron chi connectivity index (χ4n) is 3.63. The molecule has 0 fully saturated rings. The summed E-state index contributed by atoms with van der Waals surface area (Å²) < 4.78 is 20.4. The van der Waals surface area contributed by atoms with Gasteiger partial charge in [-0.15, -0.1) is 0 Å². The maximum absolute atomic E-state index is 14.5. The Morgan fingerprint density at radius 2 is 1.39 bits per heavy atom. The van der Waals surface area contributed by atoms with Crippen molar-refractivity contribution in [3.8, 4) is 0 Å². The molecule has 0 radical (unpaired) electrons. The third kappa shape index (κ3) is 3.42. The Balaban J connectivity index is 1.71. The van der Waals surface area contributed by atoms with Crippen LogP contribution in [-0.2, 0) is 14.1 Å². The van der Waals surface area contributed by atoms with Gasteiger partial charge < -0.3 is 14.1 Å². The van der Waals surface area contributed by atoms with E-state index in [0.29, 0.717) is 6.42 Å². The van der Waals surface area contributed by atoms with Crippen molar-refractivity contribution in [1.29, 1.82) is 0 Å². The summed E-state index contributed by atoms with van der Waals surface area (Å²) in [6.07, 6.45) is 0.123. The van der Waals surface area contributed by atoms with Crippen LogP contribution in [0.1, 0.15) is 12.0 Å². The number of methoxy groups -OCH3 is 1. The molecule has 5 heteroatoms. The highest BCUT2D eigenvalue weighted by molar-refractivity contribution is 7.79. The Morgan fingerprint density at radius 3 is 1.89 bits per heavy atom. The molecular formula is C23H22NO3P. The minimum Gasteiger partial charge on any atom is -0.388 e. The third-order valence-electron chi connectivity index (χ3n) is 5.00. The van der Waals surface area contributed by atoms with Crippen LogP contribution in [0.2, 0.25) is 0 Å². The van der Waals surface area contributed by atoms with Crippen LogP contribution >= 0.6 is 7.14 Å². The second-order valence-electron chi connectivity index (χ2n) is 6.71. The Hall–Kier alpha value is -2.68. The Bertz CT molecular complexity index is 947. The summed E-state index contributed by atoms with van der Waals surface area (Å²) in [7, 11) is -1.53. The van der Waals surface area contributed by atoms with Crippen molar-refractivity contribution in [3.05, 3.63) is 96.6 Å². The maximum Gasteiger partial charge on any atom is 0.174 e. The number of hydrogen-bond acceptors (Lipinski definition) is 4. The molecule has 0 aromatic heterocycles. The van der Waals surface area contributed by atoms with Gasteiger partial charge in [-0.05, 0) is 5.56 Å². The van der Waals surface area contributed by atoms with Gasteiger partial charge in [-0.25, -0.2) is 0 Å². The van der Waals surface area contributed by atoms with Crippen LogP contribution in [0.5, 0.6) is 0 Å². The van der Waals surface area contributed by atoms with E-state index in [9.17, 15) is 4.57 Å². The lowest BCUT2D eigenvalue weighted by Gasteiger charge is -2.30. The predicted octanol–water partition coefficient (Wildman–Crippen LogP) is 4.17. The van der Waals surface area contributed by atoms with E-state index in [1.165, 1.54) is 0 Å². The normalized spacial score (nSPS) is 17.6. The third-order valence-corrected chi connectivity index (χ3v) is 8.39. The second-order valence-corrected chi connectivity index (χ2v) is 9.57. The zero-order valence-corrected chi connectivity index (χ0v) is 16.5. The van der Waals surface area contributed by atoms with Crippen LogP contribution < -0.4 is 10.6 Å². The molecule has 0 saturated carbocycles. The van der Waals surface area contributed by atoms with E-state index in [4.69, 9.17) is 9.57 Å². The second kappa shape index (κ2) is 8.14. The van der Waals surface area contributed by atoms with Gasteiger partial charge in [0.15, 0.2) is 19.1 Å². The topological polar surface area (TPSA) is 47.9 Å². The molecule has 0 unspecified atom stereocenters. The quantitative estimate of drug-likeness (QED) is 0.593. The van der Waals surface area contributed by atoms with E-state index < -0.39 is 19.1 Å². The first-order valence-corrected chi connectivity index (χ1v) is 11.0. The van der Waals surface area contributed by atoms with E-state index in [0.717, 1.165) is 21.9 Å². The fraction of sp³-hybridized carbons (Fsp3) is 0.174. The average Bonchev–Trinajstić information content (AvgIpc) is 3.26. The van der Waals surface area contributed by atoms with Gasteiger partial charge in [0.2, 0.25) is 0 Å². The molecule has 2 atom stereocenters. The van der Waals surface area contributed by atoms with Crippen molar-refractivity contribution in [2.45, 2.75) is 18.4 Å². The molecule has 0 saturated heterocycles. The lowest BCUT2D eigenvalue weighted by atomic mass is 10.1. The monoisotopic (exact) mass is 391 g/mol. The lowest BCUT2D eigenvalue weighted by Crippen LogP contribution is -2.36. The number of hydrogen-bond donors (Lipinski definition) is 0. The van der Waals surface area contributed by atoms with Gasteiger partial charge in [-0.1, -0.05) is 96.2 Å². The van der Waals surface area contributed by atoms with E-state index >= 15 is 0 Å². The molecule has 4 nitrogen and oxygen atoms in total. The zero-order valence-electron chi connectivity index (χ0n) is 15.6. The number of benzene rings is 3. The molecule has 1 aliphatic heterocycles. The summed E-state index contributed by atoms with van der Waals surface area (Å²) in [5, 5.41) is 5.78. The lowest BCUT2D eigenvalue weighted by molar-refractivity contribution is -0.000931. The Kier molecular flexibility index (Phi) is 5.43. The summed E-state index contributed by atoms with van der Waals surface area (Å²) in [5.74, 6) is -0.637. The van der Waals surface area contributed by atoms with E-state index in [-0.39, 0.29) is 0 Å². The highest BCUT2D eigenvalue weighted by Gasteiger charge is 2.45. The van der Waals surface area contributed by atoms with Crippen molar-refractivity contribution in [1.82, 2.24) is 0 Å². The minimum atomic E-state index is -3.12. The van der Waals surface area contributed by atoms with Crippen molar-refractivity contribution in [2.75, 3.05) is 7.11 Å². The van der Waals surface area contributed by atoms with Crippen LogP contribution in [0.15, 0.2) is 96.2 Å². The molecule has 1 aliphatic rings. The van der Waals surface area contributed by atoms with Crippen molar-refractivity contribution < 1.29 is 14.1 Å². The predicted molar refractivity (Wildman–Crippen MR) is 113 cm³/mol. The zero-order chi connectivity index (χ0) is 19.4. The molecule has 0 N–H and O–H groups in total. The highest BCUT2D eigenvalue weighted by atomic mass is 31.2. The largest absolute Gasteiger partial charge is 0.388 e. The highest BCUT2D eigenvalue weighted by Crippen LogP contribution is 2.52. The minimum absolute atomic E-state index is 0.425. The molecule has 0 spiro atoms. The molecule has 142 valence electrons. The number of ether oxygens (including phenoxy) is 1. The van der Waals surface area contributed by atoms with Crippen LogP contribution in [0.3, 0.4) is 0 Å². The fourth-order valence-corrected chi connectivity index (χ4v) is 6.67. The van der Waals surface area contributed by atoms with Gasteiger partial charge in [0.1, 0.15) is 0 Å². The standard InChI is InChI=1S/C23H22NO3P/c1-26-23(22-17-21(24-27-22)18-11-5-2-6-12-18)28(25,19-13-7-3-8-14-19)20-15-9-4-10-16-20/h2-16,22-23H,17H2,1H3/t22-,23+/m1/s1. The molecule has 4 rings (SSSR count). The van der Waals surface area contributed by atoms with Gasteiger partial charge >= 0.3 is 0 Å². The van der Waals surface area contributed by atoms with E-state index in [1.54, 1.807) is 7.11 Å². The summed E-state index contributed by atoms with van der Waals surface area (Å²) in [4.78, 5) is 5.75.